The van der Waals surface area contributed by atoms with Crippen molar-refractivity contribution in [3.8, 4) is 0 Å². The summed E-state index contributed by atoms with van der Waals surface area (Å²) >= 11 is 0. The second kappa shape index (κ2) is 43.9. The molecule has 12 fully saturated rings. The van der Waals surface area contributed by atoms with Gasteiger partial charge >= 0.3 is 47.8 Å². The van der Waals surface area contributed by atoms with Crippen LogP contribution in [0.3, 0.4) is 0 Å². The second-order valence-corrected chi connectivity index (χ2v) is 36.2. The molecule has 0 amide bonds. The summed E-state index contributed by atoms with van der Waals surface area (Å²) in [6, 6.07) is 0. The van der Waals surface area contributed by atoms with Gasteiger partial charge in [-0.3, -0.25) is 38.4 Å². The van der Waals surface area contributed by atoms with E-state index in [0.717, 1.165) is 218 Å². The van der Waals surface area contributed by atoms with Crippen LogP contribution in [-0.4, -0.2) is 94.6 Å². The van der Waals surface area contributed by atoms with E-state index < -0.39 is 10.8 Å². The van der Waals surface area contributed by atoms with Gasteiger partial charge in [0, 0.05) is 23.7 Å². The molecule has 0 radical (unpaired) electrons. The lowest BCUT2D eigenvalue weighted by molar-refractivity contribution is -0.177. The lowest BCUT2D eigenvalue weighted by Crippen LogP contribution is -2.42. The molecule has 0 heterocycles. The van der Waals surface area contributed by atoms with Gasteiger partial charge in [0.15, 0.2) is 0 Å². The predicted molar refractivity (Wildman–Crippen MR) is 437 cm³/mol. The lowest BCUT2D eigenvalue weighted by atomic mass is 9.81. The quantitative estimate of drug-likeness (QED) is 0.0729. The number of fused-ring (bicyclic) bond motifs is 8. The highest BCUT2D eigenvalue weighted by molar-refractivity contribution is 5.79. The molecular formula is C92H168O16. The Kier molecular flexibility index (Phi) is 41.3. The van der Waals surface area contributed by atoms with E-state index in [2.05, 4.69) is 27.7 Å². The zero-order valence-electron chi connectivity index (χ0n) is 64.8. The Labute approximate surface area is 661 Å². The Morgan fingerprint density at radius 2 is 0.556 bits per heavy atom. The van der Waals surface area contributed by atoms with Crippen molar-refractivity contribution in [3.63, 3.8) is 0 Å². The number of ether oxygens (including phenoxy) is 8. The molecular weight excluding hydrogens is 1360 g/mol. The van der Waals surface area contributed by atoms with Crippen LogP contribution >= 0.6 is 0 Å². The van der Waals surface area contributed by atoms with E-state index in [1.165, 1.54) is 25.7 Å². The standard InChI is InChI=1S/C22H36O4.2C21H34O4.C20H32O4.8CH4/c1-5-21(3,4)20(24)25-18-14-15-12-16(18)17(13-15)19(23)26-22(6-2)10-8-7-9-11-22;1-5-20(2,3)19(23)24-17-13-14-11-15(17)16(12-14)18(22)25-21(4)9-7-6-8-10-21;1-4-14(3)19(22)24-18-13-15-11-16(18)17(12-15)20(23)25-21(5-2)9-7-6-8-10-21;1-4-13(2)18(21)23-17-12-14-10-15(17)16(11-14)19(22)24-20(3)8-6-5-7-9-20;;;;;;;;/h15-18H,5-14H2,1-4H3;14-17H,5-13H2,1-4H3;14-18H,4-13H2,1-3H3;13-17H,4-12H2,1-3H3;8*1H4. The molecule has 0 saturated heterocycles. The van der Waals surface area contributed by atoms with Crippen molar-refractivity contribution in [2.24, 2.45) is 93.7 Å². The highest BCUT2D eigenvalue weighted by atomic mass is 16.6. The SMILES string of the molecule is C.C.C.C.C.C.C.C.CCC(C)(C)C(=O)OC1CC2CC(C(=O)OC3(C)CCCCC3)C1C2.CCC(C)C(=O)OC1CC2CC(C(=O)OC3(C)CCCCC3)C1C2.CCC(C)C(=O)OC1CC2CC(C(=O)OC3(CC)CCCCC3)C1C2.CCC1(OC(=O)C2CC3CC(OC(=O)C(C)(C)CC)C2C3)CCCCC1. The van der Waals surface area contributed by atoms with Crippen LogP contribution < -0.4 is 0 Å². The van der Waals surface area contributed by atoms with Gasteiger partial charge in [0.1, 0.15) is 46.8 Å². The summed E-state index contributed by atoms with van der Waals surface area (Å²) in [6.45, 7) is 28.0. The zero-order chi connectivity index (χ0) is 72.5. The van der Waals surface area contributed by atoms with Gasteiger partial charge < -0.3 is 37.9 Å². The van der Waals surface area contributed by atoms with E-state index >= 15 is 0 Å². The number of rotatable bonds is 22. The molecule has 16 heteroatoms. The minimum atomic E-state index is -0.452. The molecule has 16 nitrogen and oxygen atoms in total. The Morgan fingerprint density at radius 3 is 0.778 bits per heavy atom. The molecule has 108 heavy (non-hydrogen) atoms. The van der Waals surface area contributed by atoms with E-state index in [0.29, 0.717) is 23.7 Å². The normalized spacial score (nSPS) is 31.7. The summed E-state index contributed by atoms with van der Waals surface area (Å²) in [6.07, 6.45) is 38.0. The first-order valence-electron chi connectivity index (χ1n) is 41.2. The first kappa shape index (κ1) is 102. The largest absolute Gasteiger partial charge is 0.462 e. The lowest BCUT2D eigenvalue weighted by Gasteiger charge is -2.38. The third-order valence-corrected chi connectivity index (χ3v) is 28.1. The number of carbonyl (C=O) groups is 8. The summed E-state index contributed by atoms with van der Waals surface area (Å²) in [5, 5.41) is 0. The monoisotopic (exact) mass is 1530 g/mol. The average molecular weight is 1530 g/mol. The molecule has 0 aliphatic heterocycles. The van der Waals surface area contributed by atoms with Gasteiger partial charge in [0.2, 0.25) is 0 Å². The van der Waals surface area contributed by atoms with Crippen LogP contribution in [0.15, 0.2) is 0 Å². The van der Waals surface area contributed by atoms with Crippen molar-refractivity contribution >= 4 is 47.8 Å². The fourth-order valence-electron chi connectivity index (χ4n) is 20.0. The minimum Gasteiger partial charge on any atom is -0.462 e. The topological polar surface area (TPSA) is 210 Å². The van der Waals surface area contributed by atoms with E-state index in [9.17, 15) is 38.4 Å². The van der Waals surface area contributed by atoms with E-state index in [4.69, 9.17) is 37.9 Å². The number of hydrogen-bond acceptors (Lipinski definition) is 16. The Morgan fingerprint density at radius 1 is 0.324 bits per heavy atom. The van der Waals surface area contributed by atoms with Gasteiger partial charge in [-0.05, 0) is 284 Å². The molecule has 0 N–H and O–H groups in total. The molecule has 18 atom stereocenters. The van der Waals surface area contributed by atoms with Crippen LogP contribution in [0.1, 0.15) is 400 Å². The maximum atomic E-state index is 13.0. The summed E-state index contributed by atoms with van der Waals surface area (Å²) in [7, 11) is 0. The van der Waals surface area contributed by atoms with E-state index in [1.807, 2.05) is 69.2 Å². The molecule has 8 bridgehead atoms. The first-order valence-corrected chi connectivity index (χ1v) is 41.2. The van der Waals surface area contributed by atoms with Gasteiger partial charge in [0.25, 0.3) is 0 Å². The fourth-order valence-corrected chi connectivity index (χ4v) is 20.0. The molecule has 0 aromatic carbocycles. The number of carbonyl (C=O) groups excluding carboxylic acids is 8. The van der Waals surface area contributed by atoms with Crippen molar-refractivity contribution in [1.82, 2.24) is 0 Å². The highest BCUT2D eigenvalue weighted by Crippen LogP contribution is 2.56. The van der Waals surface area contributed by atoms with Gasteiger partial charge in [-0.2, -0.15) is 0 Å². The van der Waals surface area contributed by atoms with E-state index in [-0.39, 0.29) is 213 Å². The van der Waals surface area contributed by atoms with Crippen LogP contribution in [-0.2, 0) is 76.3 Å². The number of esters is 8. The number of hydrogen-bond donors (Lipinski definition) is 0. The van der Waals surface area contributed by atoms with Gasteiger partial charge in [-0.15, -0.1) is 0 Å². The average Bonchev–Trinajstić information content (AvgIpc) is 1.64. The van der Waals surface area contributed by atoms with Gasteiger partial charge in [-0.25, -0.2) is 0 Å². The van der Waals surface area contributed by atoms with E-state index in [1.54, 1.807) is 0 Å². The van der Waals surface area contributed by atoms with Gasteiger partial charge in [0.05, 0.1) is 46.3 Å². The Hall–Kier alpha value is -4.24. The van der Waals surface area contributed by atoms with Gasteiger partial charge in [-0.1, -0.05) is 140 Å². The maximum Gasteiger partial charge on any atom is 0.311 e. The maximum absolute atomic E-state index is 13.0. The predicted octanol–water partition coefficient (Wildman–Crippen LogP) is 23.7. The Balaban J connectivity index is 0.000000703. The molecule has 0 aromatic heterocycles. The van der Waals surface area contributed by atoms with Crippen molar-refractivity contribution in [1.29, 1.82) is 0 Å². The second-order valence-electron chi connectivity index (χ2n) is 36.2. The summed E-state index contributed by atoms with van der Waals surface area (Å²) in [5.74, 6) is 1.64. The molecule has 18 unspecified atom stereocenters. The Bertz CT molecular complexity index is 2760. The van der Waals surface area contributed by atoms with Crippen molar-refractivity contribution in [3.05, 3.63) is 0 Å². The van der Waals surface area contributed by atoms with Crippen LogP contribution in [0.25, 0.3) is 0 Å². The van der Waals surface area contributed by atoms with Crippen LogP contribution in [0, 0.1) is 93.7 Å². The van der Waals surface area contributed by atoms with Crippen LogP contribution in [0.2, 0.25) is 0 Å². The van der Waals surface area contributed by atoms with Crippen LogP contribution in [0.5, 0.6) is 0 Å². The minimum absolute atomic E-state index is 0. The third-order valence-electron chi connectivity index (χ3n) is 28.1. The zero-order valence-corrected chi connectivity index (χ0v) is 64.8. The molecule has 12 aliphatic carbocycles. The molecule has 632 valence electrons. The van der Waals surface area contributed by atoms with Crippen molar-refractivity contribution < 1.29 is 76.3 Å². The van der Waals surface area contributed by atoms with Crippen molar-refractivity contribution in [2.45, 2.75) is 447 Å². The highest BCUT2D eigenvalue weighted by Gasteiger charge is 2.57. The van der Waals surface area contributed by atoms with Crippen LogP contribution in [0.4, 0.5) is 0 Å². The fraction of sp³-hybridized carbons (Fsp3) is 0.913. The summed E-state index contributed by atoms with van der Waals surface area (Å²) in [4.78, 5) is 101. The summed E-state index contributed by atoms with van der Waals surface area (Å²) < 4.78 is 47.4. The first-order chi connectivity index (χ1) is 47.4. The molecule has 0 spiro atoms. The summed E-state index contributed by atoms with van der Waals surface area (Å²) in [5.41, 5.74) is -1.94. The third kappa shape index (κ3) is 24.9. The molecule has 0 aromatic rings. The van der Waals surface area contributed by atoms with Crippen molar-refractivity contribution in [2.75, 3.05) is 0 Å². The molecule has 12 rings (SSSR count). The molecule has 12 saturated carbocycles. The smallest absolute Gasteiger partial charge is 0.311 e. The molecule has 12 aliphatic rings.